The minimum Gasteiger partial charge on any atom is -0.349 e. The quantitative estimate of drug-likeness (QED) is 0.926. The Morgan fingerprint density at radius 1 is 1.32 bits per heavy atom. The predicted octanol–water partition coefficient (Wildman–Crippen LogP) is 3.49. The van der Waals surface area contributed by atoms with E-state index < -0.39 is 0 Å². The lowest BCUT2D eigenvalue weighted by atomic mass is 9.53. The SMILES string of the molecule is Cc1c(Cl)cnn1C(C)C(=O)NC12CC3CC(CC(C3)C1)C2. The van der Waals surface area contributed by atoms with Crippen molar-refractivity contribution in [3.63, 3.8) is 0 Å². The fourth-order valence-electron chi connectivity index (χ4n) is 5.53. The third-order valence-corrected chi connectivity index (χ3v) is 6.53. The van der Waals surface area contributed by atoms with Crippen molar-refractivity contribution in [2.45, 2.75) is 64.0 Å². The minimum atomic E-state index is -0.305. The first kappa shape index (κ1) is 14.6. The molecule has 0 aromatic carbocycles. The minimum absolute atomic E-state index is 0.0605. The Labute approximate surface area is 136 Å². The lowest BCUT2D eigenvalue weighted by Crippen LogP contribution is -2.60. The molecular weight excluding hydrogens is 298 g/mol. The summed E-state index contributed by atoms with van der Waals surface area (Å²) in [5, 5.41) is 8.29. The molecule has 4 fully saturated rings. The van der Waals surface area contributed by atoms with Crippen LogP contribution in [0.3, 0.4) is 0 Å². The number of nitrogens with one attached hydrogen (secondary N) is 1. The fraction of sp³-hybridized carbons (Fsp3) is 0.765. The Kier molecular flexibility index (Phi) is 3.30. The molecule has 1 heterocycles. The van der Waals surface area contributed by atoms with E-state index in [0.29, 0.717) is 5.02 Å². The number of amides is 1. The van der Waals surface area contributed by atoms with Crippen molar-refractivity contribution < 1.29 is 4.79 Å². The van der Waals surface area contributed by atoms with Crippen LogP contribution in [0.4, 0.5) is 0 Å². The van der Waals surface area contributed by atoms with Gasteiger partial charge in [0.1, 0.15) is 6.04 Å². The van der Waals surface area contributed by atoms with Gasteiger partial charge in [0.05, 0.1) is 16.9 Å². The first-order valence-corrected chi connectivity index (χ1v) is 8.85. The Hall–Kier alpha value is -1.03. The van der Waals surface area contributed by atoms with Gasteiger partial charge >= 0.3 is 0 Å². The molecule has 4 nitrogen and oxygen atoms in total. The van der Waals surface area contributed by atoms with E-state index in [1.54, 1.807) is 10.9 Å². The van der Waals surface area contributed by atoms with E-state index in [0.717, 1.165) is 23.4 Å². The van der Waals surface area contributed by atoms with Gasteiger partial charge in [-0.3, -0.25) is 9.48 Å². The normalized spacial score (nSPS) is 37.3. The first-order chi connectivity index (χ1) is 10.5. The van der Waals surface area contributed by atoms with E-state index in [4.69, 9.17) is 11.6 Å². The average molecular weight is 322 g/mol. The molecule has 1 aromatic heterocycles. The van der Waals surface area contributed by atoms with Gasteiger partial charge in [-0.05, 0) is 70.1 Å². The molecular formula is C17H24ClN3O. The summed E-state index contributed by atoms with van der Waals surface area (Å²) in [4.78, 5) is 12.8. The summed E-state index contributed by atoms with van der Waals surface area (Å²) in [6.07, 6.45) is 9.31. The molecule has 5 rings (SSSR count). The molecule has 1 aromatic rings. The van der Waals surface area contributed by atoms with E-state index in [1.807, 2.05) is 13.8 Å². The second-order valence-electron chi connectivity index (χ2n) is 7.89. The van der Waals surface area contributed by atoms with Gasteiger partial charge < -0.3 is 5.32 Å². The lowest BCUT2D eigenvalue weighted by molar-refractivity contribution is -0.130. The van der Waals surface area contributed by atoms with Crippen molar-refractivity contribution in [3.8, 4) is 0 Å². The highest BCUT2D eigenvalue weighted by Gasteiger charge is 2.51. The number of carbonyl (C=O) groups is 1. The molecule has 0 saturated heterocycles. The molecule has 0 radical (unpaired) electrons. The van der Waals surface area contributed by atoms with Gasteiger partial charge in [-0.25, -0.2) is 0 Å². The largest absolute Gasteiger partial charge is 0.349 e. The molecule has 0 spiro atoms. The third-order valence-electron chi connectivity index (χ3n) is 6.16. The molecule has 1 amide bonds. The monoisotopic (exact) mass is 321 g/mol. The van der Waals surface area contributed by atoms with Crippen LogP contribution in [-0.2, 0) is 4.79 Å². The zero-order chi connectivity index (χ0) is 15.5. The second-order valence-corrected chi connectivity index (χ2v) is 8.29. The molecule has 4 aliphatic rings. The zero-order valence-electron chi connectivity index (χ0n) is 13.3. The topological polar surface area (TPSA) is 46.9 Å². The van der Waals surface area contributed by atoms with Gasteiger partial charge in [-0.1, -0.05) is 11.6 Å². The number of rotatable bonds is 3. The molecule has 120 valence electrons. The number of carbonyl (C=O) groups excluding carboxylic acids is 1. The summed E-state index contributed by atoms with van der Waals surface area (Å²) in [7, 11) is 0. The van der Waals surface area contributed by atoms with Crippen molar-refractivity contribution in [3.05, 3.63) is 16.9 Å². The highest BCUT2D eigenvalue weighted by Crippen LogP contribution is 2.55. The molecule has 5 heteroatoms. The van der Waals surface area contributed by atoms with Crippen LogP contribution in [0.25, 0.3) is 0 Å². The Bertz CT molecular complexity index is 574. The number of hydrogen-bond acceptors (Lipinski definition) is 2. The smallest absolute Gasteiger partial charge is 0.245 e. The Morgan fingerprint density at radius 3 is 2.32 bits per heavy atom. The van der Waals surface area contributed by atoms with Crippen LogP contribution in [0, 0.1) is 24.7 Å². The van der Waals surface area contributed by atoms with Crippen LogP contribution in [0.2, 0.25) is 5.02 Å². The van der Waals surface area contributed by atoms with Gasteiger partial charge in [0.25, 0.3) is 0 Å². The van der Waals surface area contributed by atoms with Crippen LogP contribution in [-0.4, -0.2) is 21.2 Å². The molecule has 1 N–H and O–H groups in total. The van der Waals surface area contributed by atoms with Gasteiger partial charge in [0.2, 0.25) is 5.91 Å². The van der Waals surface area contributed by atoms with E-state index in [2.05, 4.69) is 10.4 Å². The second kappa shape index (κ2) is 4.98. The summed E-state index contributed by atoms with van der Waals surface area (Å²) >= 11 is 6.06. The van der Waals surface area contributed by atoms with Gasteiger partial charge in [-0.15, -0.1) is 0 Å². The summed E-state index contributed by atoms with van der Waals surface area (Å²) in [6.45, 7) is 3.82. The first-order valence-electron chi connectivity index (χ1n) is 8.47. The number of aromatic nitrogens is 2. The van der Waals surface area contributed by atoms with E-state index in [1.165, 1.54) is 38.5 Å². The molecule has 0 aliphatic heterocycles. The van der Waals surface area contributed by atoms with E-state index in [-0.39, 0.29) is 17.5 Å². The highest BCUT2D eigenvalue weighted by molar-refractivity contribution is 6.31. The van der Waals surface area contributed by atoms with Gasteiger partial charge in [-0.2, -0.15) is 5.10 Å². The maximum Gasteiger partial charge on any atom is 0.245 e. The standard InChI is InChI=1S/C17H24ClN3O/c1-10-15(18)9-19-21(10)11(2)16(22)20-17-6-12-3-13(7-17)5-14(4-12)8-17/h9,11-14H,3-8H2,1-2H3,(H,20,22). The van der Waals surface area contributed by atoms with Gasteiger partial charge in [0, 0.05) is 5.54 Å². The molecule has 4 saturated carbocycles. The molecule has 4 aliphatic carbocycles. The molecule has 1 unspecified atom stereocenters. The average Bonchev–Trinajstić information content (AvgIpc) is 2.76. The summed E-state index contributed by atoms with van der Waals surface area (Å²) < 4.78 is 1.73. The maximum atomic E-state index is 12.8. The van der Waals surface area contributed by atoms with Crippen LogP contribution in [0.5, 0.6) is 0 Å². The summed E-state index contributed by atoms with van der Waals surface area (Å²) in [5.74, 6) is 2.60. The number of hydrogen-bond donors (Lipinski definition) is 1. The third kappa shape index (κ3) is 2.27. The van der Waals surface area contributed by atoms with Crippen LogP contribution < -0.4 is 5.32 Å². The van der Waals surface area contributed by atoms with E-state index in [9.17, 15) is 4.79 Å². The van der Waals surface area contributed by atoms with Crippen molar-refractivity contribution in [2.24, 2.45) is 17.8 Å². The van der Waals surface area contributed by atoms with Crippen LogP contribution >= 0.6 is 11.6 Å². The lowest BCUT2D eigenvalue weighted by Gasteiger charge is -2.57. The molecule has 1 atom stereocenters. The van der Waals surface area contributed by atoms with Crippen LogP contribution in [0.1, 0.15) is 57.2 Å². The fourth-order valence-corrected chi connectivity index (χ4v) is 5.66. The number of halogens is 1. The summed E-state index contributed by atoms with van der Waals surface area (Å²) in [6, 6.07) is -0.305. The van der Waals surface area contributed by atoms with E-state index >= 15 is 0 Å². The van der Waals surface area contributed by atoms with Crippen molar-refractivity contribution >= 4 is 17.5 Å². The van der Waals surface area contributed by atoms with Crippen molar-refractivity contribution in [1.82, 2.24) is 15.1 Å². The Balaban J connectivity index is 1.51. The molecule has 22 heavy (non-hydrogen) atoms. The van der Waals surface area contributed by atoms with Crippen molar-refractivity contribution in [1.29, 1.82) is 0 Å². The molecule has 4 bridgehead atoms. The maximum absolute atomic E-state index is 12.8. The van der Waals surface area contributed by atoms with Crippen LogP contribution in [0.15, 0.2) is 6.20 Å². The highest BCUT2D eigenvalue weighted by atomic mass is 35.5. The number of nitrogens with zero attached hydrogens (tertiary/aromatic N) is 2. The zero-order valence-corrected chi connectivity index (χ0v) is 14.1. The van der Waals surface area contributed by atoms with Crippen molar-refractivity contribution in [2.75, 3.05) is 0 Å². The van der Waals surface area contributed by atoms with Gasteiger partial charge in [0.15, 0.2) is 0 Å². The summed E-state index contributed by atoms with van der Waals surface area (Å²) in [5.41, 5.74) is 0.917. The predicted molar refractivity (Wildman–Crippen MR) is 85.7 cm³/mol. The Morgan fingerprint density at radius 2 is 1.86 bits per heavy atom.